The number of nitrogens with zero attached hydrogens (tertiary/aromatic N) is 2. The molecule has 0 saturated heterocycles. The zero-order valence-corrected chi connectivity index (χ0v) is 19.5. The summed E-state index contributed by atoms with van der Waals surface area (Å²) < 4.78 is 5.42. The van der Waals surface area contributed by atoms with Crippen molar-refractivity contribution in [3.63, 3.8) is 0 Å². The van der Waals surface area contributed by atoms with Gasteiger partial charge in [-0.2, -0.15) is 5.26 Å². The smallest absolute Gasteiger partial charge is 0.225 e. The summed E-state index contributed by atoms with van der Waals surface area (Å²) in [4.78, 5) is 17.1. The zero-order chi connectivity index (χ0) is 23.0. The molecule has 33 heavy (non-hydrogen) atoms. The molecule has 0 aliphatic heterocycles. The number of pyridine rings is 1. The minimum atomic E-state index is -0.0613. The Morgan fingerprint density at radius 1 is 1.21 bits per heavy atom. The van der Waals surface area contributed by atoms with Gasteiger partial charge in [-0.05, 0) is 73.6 Å². The second kappa shape index (κ2) is 11.0. The van der Waals surface area contributed by atoms with Crippen LogP contribution < -0.4 is 10.1 Å². The molecule has 1 aliphatic rings. The molecule has 0 fully saturated rings. The summed E-state index contributed by atoms with van der Waals surface area (Å²) in [7, 11) is 0. The molecular formula is C27H27N3O2S. The molecule has 0 spiro atoms. The lowest BCUT2D eigenvalue weighted by atomic mass is 9.82. The third-order valence-corrected chi connectivity index (χ3v) is 6.75. The molecule has 3 aromatic rings. The van der Waals surface area contributed by atoms with Crippen molar-refractivity contribution >= 4 is 23.4 Å². The van der Waals surface area contributed by atoms with Crippen LogP contribution in [0.25, 0.3) is 0 Å². The third kappa shape index (κ3) is 5.94. The van der Waals surface area contributed by atoms with Gasteiger partial charge in [-0.3, -0.25) is 4.79 Å². The Labute approximate surface area is 199 Å². The summed E-state index contributed by atoms with van der Waals surface area (Å²) in [5.41, 5.74) is 4.94. The Bertz CT molecular complexity index is 1140. The number of nitriles is 1. The molecular weight excluding hydrogens is 430 g/mol. The van der Waals surface area contributed by atoms with Gasteiger partial charge in [-0.25, -0.2) is 4.98 Å². The fraction of sp³-hybridized carbons (Fsp3) is 0.296. The lowest BCUT2D eigenvalue weighted by Gasteiger charge is -2.25. The number of nitrogens with one attached hydrogen (secondary N) is 1. The Hall–Kier alpha value is -3.30. The number of benzene rings is 2. The number of amides is 1. The molecule has 1 atom stereocenters. The fourth-order valence-electron chi connectivity index (χ4n) is 4.11. The van der Waals surface area contributed by atoms with E-state index in [2.05, 4.69) is 35.7 Å². The first-order valence-corrected chi connectivity index (χ1v) is 12.3. The van der Waals surface area contributed by atoms with Gasteiger partial charge >= 0.3 is 0 Å². The van der Waals surface area contributed by atoms with Gasteiger partial charge in [0.1, 0.15) is 16.8 Å². The van der Waals surface area contributed by atoms with Crippen molar-refractivity contribution in [3.8, 4) is 11.8 Å². The van der Waals surface area contributed by atoms with Crippen LogP contribution in [0.2, 0.25) is 0 Å². The average Bonchev–Trinajstić information content (AvgIpc) is 2.85. The maximum absolute atomic E-state index is 12.3. The molecule has 6 heteroatoms. The van der Waals surface area contributed by atoms with Crippen molar-refractivity contribution < 1.29 is 9.53 Å². The van der Waals surface area contributed by atoms with Gasteiger partial charge in [0.05, 0.1) is 12.2 Å². The number of thioether (sulfide) groups is 1. The predicted molar refractivity (Wildman–Crippen MR) is 132 cm³/mol. The molecule has 168 valence electrons. The maximum atomic E-state index is 12.3. The first-order chi connectivity index (χ1) is 16.2. The van der Waals surface area contributed by atoms with Crippen LogP contribution in [-0.4, -0.2) is 23.3 Å². The standard InChI is InChI=1S/C27H27N3O2S/c1-2-32-24-11-9-23(10-12-24)29-26(31)14-15-33-27-22(18-28)17-21-16-20(8-13-25(21)30-27)19-6-4-3-5-7-19/h3-7,9-12,17,20H,2,8,13-16H2,1H3,(H,29,31). The van der Waals surface area contributed by atoms with E-state index in [4.69, 9.17) is 9.72 Å². The first kappa shape index (κ1) is 22.9. The molecule has 1 N–H and O–H groups in total. The molecule has 1 amide bonds. The van der Waals surface area contributed by atoms with Crippen molar-refractivity contribution in [2.45, 2.75) is 43.6 Å². The molecule has 1 aromatic heterocycles. The van der Waals surface area contributed by atoms with Gasteiger partial charge in [0.25, 0.3) is 0 Å². The van der Waals surface area contributed by atoms with Crippen molar-refractivity contribution in [3.05, 3.63) is 83.0 Å². The van der Waals surface area contributed by atoms with Crippen LogP contribution in [0.5, 0.6) is 5.75 Å². The lowest BCUT2D eigenvalue weighted by Crippen LogP contribution is -2.15. The maximum Gasteiger partial charge on any atom is 0.225 e. The quantitative estimate of drug-likeness (QED) is 0.436. The number of aryl methyl sites for hydroxylation is 1. The van der Waals surface area contributed by atoms with Crippen molar-refractivity contribution in [2.24, 2.45) is 0 Å². The molecule has 0 bridgehead atoms. The van der Waals surface area contributed by atoms with Gasteiger partial charge < -0.3 is 10.1 Å². The normalized spacial score (nSPS) is 14.7. The molecule has 1 heterocycles. The van der Waals surface area contributed by atoms with Gasteiger partial charge in [-0.1, -0.05) is 30.3 Å². The second-order valence-electron chi connectivity index (χ2n) is 8.01. The summed E-state index contributed by atoms with van der Waals surface area (Å²) in [6.07, 6.45) is 3.23. The van der Waals surface area contributed by atoms with E-state index in [1.165, 1.54) is 22.9 Å². The number of fused-ring (bicyclic) bond motifs is 1. The summed E-state index contributed by atoms with van der Waals surface area (Å²) in [6, 6.07) is 22.2. The Morgan fingerprint density at radius 3 is 2.73 bits per heavy atom. The highest BCUT2D eigenvalue weighted by atomic mass is 32.2. The molecule has 0 saturated carbocycles. The van der Waals surface area contributed by atoms with Gasteiger partial charge in [0, 0.05) is 23.6 Å². The minimum absolute atomic E-state index is 0.0613. The Kier molecular flexibility index (Phi) is 7.64. The molecule has 1 unspecified atom stereocenters. The minimum Gasteiger partial charge on any atom is -0.494 e. The first-order valence-electron chi connectivity index (χ1n) is 11.3. The van der Waals surface area contributed by atoms with Gasteiger partial charge in [0.15, 0.2) is 0 Å². The highest BCUT2D eigenvalue weighted by Crippen LogP contribution is 2.34. The van der Waals surface area contributed by atoms with Crippen molar-refractivity contribution in [1.82, 2.24) is 4.98 Å². The third-order valence-electron chi connectivity index (χ3n) is 5.76. The number of aromatic nitrogens is 1. The van der Waals surface area contributed by atoms with E-state index in [0.29, 0.717) is 30.3 Å². The highest BCUT2D eigenvalue weighted by molar-refractivity contribution is 7.99. The van der Waals surface area contributed by atoms with E-state index in [9.17, 15) is 10.1 Å². The average molecular weight is 458 g/mol. The monoisotopic (exact) mass is 457 g/mol. The Morgan fingerprint density at radius 2 is 2.00 bits per heavy atom. The molecule has 0 radical (unpaired) electrons. The van der Waals surface area contributed by atoms with E-state index < -0.39 is 0 Å². The number of hydrogen-bond acceptors (Lipinski definition) is 5. The molecule has 1 aliphatic carbocycles. The van der Waals surface area contributed by atoms with E-state index in [-0.39, 0.29) is 5.91 Å². The van der Waals surface area contributed by atoms with Gasteiger partial charge in [0.2, 0.25) is 5.91 Å². The zero-order valence-electron chi connectivity index (χ0n) is 18.7. The molecule has 5 nitrogen and oxygen atoms in total. The fourth-order valence-corrected chi connectivity index (χ4v) is 5.03. The topological polar surface area (TPSA) is 75.0 Å². The van der Waals surface area contributed by atoms with Crippen LogP contribution >= 0.6 is 11.8 Å². The lowest BCUT2D eigenvalue weighted by molar-refractivity contribution is -0.115. The summed E-state index contributed by atoms with van der Waals surface area (Å²) in [5, 5.41) is 13.3. The van der Waals surface area contributed by atoms with Crippen LogP contribution in [0.15, 0.2) is 65.7 Å². The molecule has 2 aromatic carbocycles. The van der Waals surface area contributed by atoms with Crippen LogP contribution in [-0.2, 0) is 17.6 Å². The van der Waals surface area contributed by atoms with E-state index >= 15 is 0 Å². The van der Waals surface area contributed by atoms with Crippen LogP contribution in [0, 0.1) is 11.3 Å². The van der Waals surface area contributed by atoms with Crippen LogP contribution in [0.4, 0.5) is 5.69 Å². The number of ether oxygens (including phenoxy) is 1. The number of carbonyl (C=O) groups is 1. The van der Waals surface area contributed by atoms with E-state index in [1.54, 1.807) is 0 Å². The van der Waals surface area contributed by atoms with Crippen molar-refractivity contribution in [2.75, 3.05) is 17.7 Å². The van der Waals surface area contributed by atoms with Crippen LogP contribution in [0.1, 0.15) is 48.1 Å². The second-order valence-corrected chi connectivity index (χ2v) is 9.10. The summed E-state index contributed by atoms with van der Waals surface area (Å²) >= 11 is 1.48. The van der Waals surface area contributed by atoms with E-state index in [1.807, 2.05) is 43.3 Å². The Balaban J connectivity index is 1.34. The van der Waals surface area contributed by atoms with Gasteiger partial charge in [-0.15, -0.1) is 11.8 Å². The number of carbonyl (C=O) groups excluding carboxylic acids is 1. The SMILES string of the molecule is CCOc1ccc(NC(=O)CCSc2nc3c(cc2C#N)CC(c2ccccc2)CC3)cc1. The van der Waals surface area contributed by atoms with Crippen molar-refractivity contribution in [1.29, 1.82) is 5.26 Å². The van der Waals surface area contributed by atoms with E-state index in [0.717, 1.165) is 41.4 Å². The summed E-state index contributed by atoms with van der Waals surface area (Å²) in [5.74, 6) is 1.75. The largest absolute Gasteiger partial charge is 0.494 e. The predicted octanol–water partition coefficient (Wildman–Crippen LogP) is 5.75. The summed E-state index contributed by atoms with van der Waals surface area (Å²) in [6.45, 7) is 2.54. The van der Waals surface area contributed by atoms with Crippen LogP contribution in [0.3, 0.4) is 0 Å². The molecule has 4 rings (SSSR count). The number of rotatable bonds is 8. The number of hydrogen-bond donors (Lipinski definition) is 1. The highest BCUT2D eigenvalue weighted by Gasteiger charge is 2.23. The number of anilines is 1.